The zero-order valence-electron chi connectivity index (χ0n) is 20.6. The van der Waals surface area contributed by atoms with Gasteiger partial charge in [-0.25, -0.2) is 9.18 Å². The second-order valence-electron chi connectivity index (χ2n) is 9.65. The van der Waals surface area contributed by atoms with Crippen molar-refractivity contribution in [3.8, 4) is 0 Å². The number of nitrogens with one attached hydrogen (secondary N) is 3. The number of para-hydroxylation sites is 1. The van der Waals surface area contributed by atoms with E-state index in [9.17, 15) is 18.8 Å². The Balaban J connectivity index is 1.44. The van der Waals surface area contributed by atoms with Gasteiger partial charge >= 0.3 is 5.97 Å². The van der Waals surface area contributed by atoms with Crippen molar-refractivity contribution in [3.05, 3.63) is 71.7 Å². The van der Waals surface area contributed by atoms with Crippen LogP contribution in [-0.4, -0.2) is 41.5 Å². The highest BCUT2D eigenvalue weighted by Gasteiger charge is 2.29. The number of carbonyl (C=O) groups excluding carboxylic acids is 3. The lowest BCUT2D eigenvalue weighted by Crippen LogP contribution is -2.47. The molecule has 0 spiro atoms. The van der Waals surface area contributed by atoms with Gasteiger partial charge in [0.15, 0.2) is 6.61 Å². The van der Waals surface area contributed by atoms with Crippen molar-refractivity contribution in [2.75, 3.05) is 6.61 Å². The highest BCUT2D eigenvalue weighted by molar-refractivity contribution is 5.97. The van der Waals surface area contributed by atoms with Gasteiger partial charge in [0.25, 0.3) is 11.8 Å². The number of hydrogen-bond donors (Lipinski definition) is 3. The van der Waals surface area contributed by atoms with Crippen LogP contribution in [0.25, 0.3) is 10.9 Å². The Bertz CT molecular complexity index is 1220. The summed E-state index contributed by atoms with van der Waals surface area (Å²) in [6.45, 7) is 3.89. The van der Waals surface area contributed by atoms with E-state index >= 15 is 0 Å². The molecule has 4 rings (SSSR count). The van der Waals surface area contributed by atoms with Gasteiger partial charge < -0.3 is 20.4 Å². The zero-order valence-corrected chi connectivity index (χ0v) is 20.6. The van der Waals surface area contributed by atoms with Gasteiger partial charge in [0.1, 0.15) is 11.9 Å². The maximum absolute atomic E-state index is 13.3. The van der Waals surface area contributed by atoms with Crippen molar-refractivity contribution in [2.24, 2.45) is 11.8 Å². The Labute approximate surface area is 209 Å². The van der Waals surface area contributed by atoms with E-state index in [4.69, 9.17) is 4.74 Å². The molecule has 1 aliphatic rings. The average molecular weight is 494 g/mol. The van der Waals surface area contributed by atoms with Crippen LogP contribution < -0.4 is 10.6 Å². The van der Waals surface area contributed by atoms with Gasteiger partial charge in [-0.05, 0) is 54.2 Å². The number of benzene rings is 2. The van der Waals surface area contributed by atoms with E-state index in [0.29, 0.717) is 11.8 Å². The van der Waals surface area contributed by atoms with E-state index in [1.807, 2.05) is 24.3 Å². The molecule has 1 aliphatic carbocycles. The average Bonchev–Trinajstić information content (AvgIpc) is 3.28. The highest BCUT2D eigenvalue weighted by Crippen LogP contribution is 2.29. The fourth-order valence-corrected chi connectivity index (χ4v) is 4.83. The minimum Gasteiger partial charge on any atom is -0.454 e. The molecule has 0 saturated heterocycles. The molecule has 2 aromatic carbocycles. The molecule has 0 radical (unpaired) electrons. The number of rotatable bonds is 8. The second kappa shape index (κ2) is 11.4. The van der Waals surface area contributed by atoms with Crippen LogP contribution in [0.4, 0.5) is 4.39 Å². The van der Waals surface area contributed by atoms with Crippen LogP contribution >= 0.6 is 0 Å². The standard InChI is InChI=1S/C28H32FN3O4/c1-17-6-5-9-23(18(17)2)31-26(33)16-36-28(35)25(32-27(34)19-10-12-21(29)13-11-19)14-20-15-30-24-8-4-3-7-22(20)24/h3-4,7-8,10-13,15,17-18,23,25,30H,5-6,9,14,16H2,1-2H3,(H,31,33)(H,32,34)/t17?,18?,23?,25-/m1/s1. The summed E-state index contributed by atoms with van der Waals surface area (Å²) in [5, 5.41) is 6.60. The largest absolute Gasteiger partial charge is 0.454 e. The van der Waals surface area contributed by atoms with Gasteiger partial charge in [0.2, 0.25) is 0 Å². The summed E-state index contributed by atoms with van der Waals surface area (Å²) >= 11 is 0. The third-order valence-electron chi connectivity index (χ3n) is 7.19. The molecule has 36 heavy (non-hydrogen) atoms. The van der Waals surface area contributed by atoms with Crippen LogP contribution in [0, 0.1) is 17.7 Å². The molecule has 1 saturated carbocycles. The number of fused-ring (bicyclic) bond motifs is 1. The van der Waals surface area contributed by atoms with Gasteiger partial charge in [-0.15, -0.1) is 0 Å². The van der Waals surface area contributed by atoms with Crippen molar-refractivity contribution >= 4 is 28.7 Å². The molecule has 3 N–H and O–H groups in total. The molecule has 3 aromatic rings. The lowest BCUT2D eigenvalue weighted by Gasteiger charge is -2.34. The number of hydrogen-bond acceptors (Lipinski definition) is 4. The van der Waals surface area contributed by atoms with Crippen molar-refractivity contribution in [2.45, 2.75) is 51.6 Å². The number of aromatic nitrogens is 1. The number of amides is 2. The van der Waals surface area contributed by atoms with E-state index in [1.165, 1.54) is 24.3 Å². The second-order valence-corrected chi connectivity index (χ2v) is 9.65. The third-order valence-corrected chi connectivity index (χ3v) is 7.19. The first kappa shape index (κ1) is 25.4. The smallest absolute Gasteiger partial charge is 0.329 e. The molecular formula is C28H32FN3O4. The summed E-state index contributed by atoms with van der Waals surface area (Å²) in [7, 11) is 0. The van der Waals surface area contributed by atoms with Gasteiger partial charge in [0.05, 0.1) is 0 Å². The molecule has 0 aliphatic heterocycles. The van der Waals surface area contributed by atoms with Crippen LogP contribution in [0.5, 0.6) is 0 Å². The van der Waals surface area contributed by atoms with Crippen molar-refractivity contribution < 1.29 is 23.5 Å². The summed E-state index contributed by atoms with van der Waals surface area (Å²) < 4.78 is 18.6. The SMILES string of the molecule is CC1CCCC(NC(=O)COC(=O)[C@@H](Cc2c[nH]c3ccccc23)NC(=O)c2ccc(F)cc2)C1C. The molecule has 0 bridgehead atoms. The van der Waals surface area contributed by atoms with Gasteiger partial charge in [-0.3, -0.25) is 9.59 Å². The summed E-state index contributed by atoms with van der Waals surface area (Å²) in [6.07, 6.45) is 5.05. The lowest BCUT2D eigenvalue weighted by atomic mass is 9.78. The van der Waals surface area contributed by atoms with Gasteiger partial charge in [0, 0.05) is 35.1 Å². The monoisotopic (exact) mass is 493 g/mol. The number of carbonyl (C=O) groups is 3. The molecule has 2 amide bonds. The van der Waals surface area contributed by atoms with E-state index in [2.05, 4.69) is 29.5 Å². The van der Waals surface area contributed by atoms with Crippen molar-refractivity contribution in [3.63, 3.8) is 0 Å². The first-order chi connectivity index (χ1) is 17.3. The molecule has 1 fully saturated rings. The quantitative estimate of drug-likeness (QED) is 0.411. The van der Waals surface area contributed by atoms with Gasteiger partial charge in [-0.2, -0.15) is 0 Å². The summed E-state index contributed by atoms with van der Waals surface area (Å²) in [6, 6.07) is 11.7. The van der Waals surface area contributed by atoms with E-state index in [1.54, 1.807) is 6.20 Å². The Hall–Kier alpha value is -3.68. The predicted molar refractivity (Wildman–Crippen MR) is 135 cm³/mol. The Morgan fingerprint density at radius 1 is 1.08 bits per heavy atom. The number of ether oxygens (including phenoxy) is 1. The summed E-state index contributed by atoms with van der Waals surface area (Å²) in [5.74, 6) is -1.20. The van der Waals surface area contributed by atoms with Crippen LogP contribution in [0.2, 0.25) is 0 Å². The van der Waals surface area contributed by atoms with Crippen LogP contribution in [0.15, 0.2) is 54.7 Å². The molecule has 3 unspecified atom stereocenters. The number of H-pyrrole nitrogens is 1. The minimum atomic E-state index is -1.04. The fourth-order valence-electron chi connectivity index (χ4n) is 4.83. The number of halogens is 1. The Morgan fingerprint density at radius 3 is 2.61 bits per heavy atom. The van der Waals surface area contributed by atoms with Crippen LogP contribution in [0.1, 0.15) is 49.0 Å². The van der Waals surface area contributed by atoms with Crippen molar-refractivity contribution in [1.29, 1.82) is 0 Å². The Kier molecular flexibility index (Phi) is 8.03. The van der Waals surface area contributed by atoms with Gasteiger partial charge in [-0.1, -0.05) is 44.9 Å². The molecule has 190 valence electrons. The third kappa shape index (κ3) is 6.11. The highest BCUT2D eigenvalue weighted by atomic mass is 19.1. The van der Waals surface area contributed by atoms with Crippen LogP contribution in [0.3, 0.4) is 0 Å². The fraction of sp³-hybridized carbons (Fsp3) is 0.393. The molecule has 1 heterocycles. The normalized spacial score (nSPS) is 20.5. The molecular weight excluding hydrogens is 461 g/mol. The first-order valence-electron chi connectivity index (χ1n) is 12.4. The van der Waals surface area contributed by atoms with E-state index in [-0.39, 0.29) is 23.9 Å². The maximum atomic E-state index is 13.3. The lowest BCUT2D eigenvalue weighted by molar-refractivity contribution is -0.150. The minimum absolute atomic E-state index is 0.0557. The maximum Gasteiger partial charge on any atom is 0.329 e. The summed E-state index contributed by atoms with van der Waals surface area (Å²) in [4.78, 5) is 41.6. The molecule has 1 aromatic heterocycles. The van der Waals surface area contributed by atoms with E-state index in [0.717, 1.165) is 35.7 Å². The Morgan fingerprint density at radius 2 is 1.83 bits per heavy atom. The topological polar surface area (TPSA) is 100 Å². The molecule has 8 heteroatoms. The van der Waals surface area contributed by atoms with Crippen molar-refractivity contribution in [1.82, 2.24) is 15.6 Å². The van der Waals surface area contributed by atoms with Crippen LogP contribution in [-0.2, 0) is 20.7 Å². The predicted octanol–water partition coefficient (Wildman–Crippen LogP) is 4.13. The summed E-state index contributed by atoms with van der Waals surface area (Å²) in [5.41, 5.74) is 1.94. The zero-order chi connectivity index (χ0) is 25.7. The molecule has 4 atom stereocenters. The molecule has 7 nitrogen and oxygen atoms in total. The van der Waals surface area contributed by atoms with E-state index < -0.39 is 30.3 Å². The number of aromatic amines is 1. The number of esters is 1. The first-order valence-corrected chi connectivity index (χ1v) is 12.4.